The summed E-state index contributed by atoms with van der Waals surface area (Å²) in [5.41, 5.74) is 0. The molecule has 1 N–H and O–H groups in total. The summed E-state index contributed by atoms with van der Waals surface area (Å²) in [7, 11) is -3.89. The van der Waals surface area contributed by atoms with Gasteiger partial charge in [0.25, 0.3) is 10.1 Å². The second-order valence-corrected chi connectivity index (χ2v) is 5.22. The molecule has 0 aromatic heterocycles. The number of carbonyl (C=O) groups is 1. The van der Waals surface area contributed by atoms with E-state index in [1.54, 1.807) is 4.90 Å². The Morgan fingerprint density at radius 3 is 2.40 bits per heavy atom. The second kappa shape index (κ2) is 4.76. The molecule has 0 aromatic rings. The fraction of sp³-hybridized carbons (Fsp3) is 0.667. The molecule has 1 aliphatic rings. The highest BCUT2D eigenvalue weighted by Crippen LogP contribution is 2.18. The first-order valence-corrected chi connectivity index (χ1v) is 6.40. The molecule has 1 aliphatic heterocycles. The van der Waals surface area contributed by atoms with E-state index in [2.05, 4.69) is 6.58 Å². The zero-order valence-electron chi connectivity index (χ0n) is 8.42. The predicted molar refractivity (Wildman–Crippen MR) is 55.9 cm³/mol. The lowest BCUT2D eigenvalue weighted by Crippen LogP contribution is -2.38. The van der Waals surface area contributed by atoms with Gasteiger partial charge in [-0.15, -0.1) is 0 Å². The molecule has 1 saturated heterocycles. The van der Waals surface area contributed by atoms with E-state index in [0.29, 0.717) is 25.9 Å². The molecule has 0 unspecified atom stereocenters. The van der Waals surface area contributed by atoms with Crippen LogP contribution in [0.25, 0.3) is 0 Å². The third-order valence-electron chi connectivity index (χ3n) is 2.55. The Balaban J connectivity index is 2.43. The van der Waals surface area contributed by atoms with Crippen molar-refractivity contribution in [2.24, 2.45) is 5.92 Å². The number of hydrogen-bond acceptors (Lipinski definition) is 3. The number of hydrogen-bond donors (Lipinski definition) is 1. The summed E-state index contributed by atoms with van der Waals surface area (Å²) in [5.74, 6) is -0.377. The van der Waals surface area contributed by atoms with Crippen LogP contribution >= 0.6 is 0 Å². The van der Waals surface area contributed by atoms with Crippen molar-refractivity contribution in [2.45, 2.75) is 12.8 Å². The molecule has 0 aliphatic carbocycles. The summed E-state index contributed by atoms with van der Waals surface area (Å²) < 4.78 is 29.9. The molecule has 5 nitrogen and oxygen atoms in total. The first kappa shape index (κ1) is 12.2. The van der Waals surface area contributed by atoms with Gasteiger partial charge in [0.05, 0.1) is 5.75 Å². The minimum absolute atomic E-state index is 0.0473. The van der Waals surface area contributed by atoms with Crippen molar-refractivity contribution in [3.05, 3.63) is 12.7 Å². The number of carbonyl (C=O) groups excluding carboxylic acids is 1. The van der Waals surface area contributed by atoms with Gasteiger partial charge in [0.2, 0.25) is 5.91 Å². The van der Waals surface area contributed by atoms with E-state index < -0.39 is 10.1 Å². The Bertz CT molecular complexity index is 341. The zero-order valence-corrected chi connectivity index (χ0v) is 9.24. The molecule has 6 heteroatoms. The lowest BCUT2D eigenvalue weighted by molar-refractivity contribution is -0.127. The summed E-state index contributed by atoms with van der Waals surface area (Å²) >= 11 is 0. The minimum atomic E-state index is -3.89. The molecule has 0 saturated carbocycles. The van der Waals surface area contributed by atoms with E-state index >= 15 is 0 Å². The standard InChI is InChI=1S/C9H15NO4S/c1-2-9(11)10-5-3-8(4-6-10)7-15(12,13)14/h2,8H,1,3-7H2,(H,12,13,14). The second-order valence-electron chi connectivity index (χ2n) is 3.72. The van der Waals surface area contributed by atoms with Crippen LogP contribution in [0.5, 0.6) is 0 Å². The van der Waals surface area contributed by atoms with Gasteiger partial charge in [0.15, 0.2) is 0 Å². The average molecular weight is 233 g/mol. The minimum Gasteiger partial charge on any atom is -0.339 e. The van der Waals surface area contributed by atoms with E-state index in [-0.39, 0.29) is 17.6 Å². The number of rotatable bonds is 3. The van der Waals surface area contributed by atoms with Crippen LogP contribution in [0.3, 0.4) is 0 Å². The van der Waals surface area contributed by atoms with Crippen LogP contribution in [0.2, 0.25) is 0 Å². The topological polar surface area (TPSA) is 74.7 Å². The molecule has 1 heterocycles. The van der Waals surface area contributed by atoms with Crippen molar-refractivity contribution >= 4 is 16.0 Å². The van der Waals surface area contributed by atoms with Crippen molar-refractivity contribution in [3.8, 4) is 0 Å². The van der Waals surface area contributed by atoms with Crippen LogP contribution < -0.4 is 0 Å². The van der Waals surface area contributed by atoms with Gasteiger partial charge in [-0.3, -0.25) is 9.35 Å². The van der Waals surface area contributed by atoms with Gasteiger partial charge in [-0.1, -0.05) is 6.58 Å². The maximum absolute atomic E-state index is 11.2. The van der Waals surface area contributed by atoms with Gasteiger partial charge in [-0.05, 0) is 24.8 Å². The Morgan fingerprint density at radius 1 is 1.47 bits per heavy atom. The molecule has 0 atom stereocenters. The fourth-order valence-electron chi connectivity index (χ4n) is 1.75. The Kier molecular flexibility index (Phi) is 3.87. The molecule has 1 amide bonds. The first-order chi connectivity index (χ1) is 6.92. The lowest BCUT2D eigenvalue weighted by Gasteiger charge is -2.30. The lowest BCUT2D eigenvalue weighted by atomic mass is 9.99. The highest BCUT2D eigenvalue weighted by Gasteiger charge is 2.24. The largest absolute Gasteiger partial charge is 0.339 e. The van der Waals surface area contributed by atoms with Gasteiger partial charge in [-0.2, -0.15) is 8.42 Å². The van der Waals surface area contributed by atoms with Crippen LogP contribution in [0.1, 0.15) is 12.8 Å². The molecular weight excluding hydrogens is 218 g/mol. The third-order valence-corrected chi connectivity index (χ3v) is 3.44. The number of likely N-dealkylation sites (tertiary alicyclic amines) is 1. The molecular formula is C9H15NO4S. The molecule has 0 radical (unpaired) electrons. The summed E-state index contributed by atoms with van der Waals surface area (Å²) in [5, 5.41) is 0. The summed E-state index contributed by atoms with van der Waals surface area (Å²) in [6.45, 7) is 4.45. The van der Waals surface area contributed by atoms with Crippen LogP contribution in [0.4, 0.5) is 0 Å². The fourth-order valence-corrected chi connectivity index (χ4v) is 2.68. The average Bonchev–Trinajstić information content (AvgIpc) is 2.15. The Labute approximate surface area is 89.5 Å². The first-order valence-electron chi connectivity index (χ1n) is 4.79. The van der Waals surface area contributed by atoms with Crippen LogP contribution in [-0.4, -0.2) is 42.6 Å². The normalized spacial score (nSPS) is 18.9. The van der Waals surface area contributed by atoms with Crippen molar-refractivity contribution in [2.75, 3.05) is 18.8 Å². The predicted octanol–water partition coefficient (Wildman–Crippen LogP) is 0.299. The maximum Gasteiger partial charge on any atom is 0.265 e. The zero-order chi connectivity index (χ0) is 11.5. The SMILES string of the molecule is C=CC(=O)N1CCC(CS(=O)(=O)O)CC1. The third kappa shape index (κ3) is 4.01. The van der Waals surface area contributed by atoms with Crippen molar-refractivity contribution < 1.29 is 17.8 Å². The van der Waals surface area contributed by atoms with Crippen molar-refractivity contribution in [3.63, 3.8) is 0 Å². The molecule has 86 valence electrons. The summed E-state index contributed by atoms with van der Waals surface area (Å²) in [6, 6.07) is 0. The van der Waals surface area contributed by atoms with Gasteiger partial charge in [0, 0.05) is 13.1 Å². The Morgan fingerprint density at radius 2 is 2.00 bits per heavy atom. The number of piperidine rings is 1. The summed E-state index contributed by atoms with van der Waals surface area (Å²) in [4.78, 5) is 12.8. The van der Waals surface area contributed by atoms with E-state index in [1.165, 1.54) is 6.08 Å². The summed E-state index contributed by atoms with van der Waals surface area (Å²) in [6.07, 6.45) is 2.47. The van der Waals surface area contributed by atoms with Gasteiger partial charge in [-0.25, -0.2) is 0 Å². The van der Waals surface area contributed by atoms with E-state index in [9.17, 15) is 13.2 Å². The van der Waals surface area contributed by atoms with E-state index in [1.807, 2.05) is 0 Å². The molecule has 0 aromatic carbocycles. The van der Waals surface area contributed by atoms with Gasteiger partial charge >= 0.3 is 0 Å². The highest BCUT2D eigenvalue weighted by molar-refractivity contribution is 7.85. The monoisotopic (exact) mass is 233 g/mol. The van der Waals surface area contributed by atoms with Crippen molar-refractivity contribution in [1.29, 1.82) is 0 Å². The number of amides is 1. The van der Waals surface area contributed by atoms with E-state index in [4.69, 9.17) is 4.55 Å². The van der Waals surface area contributed by atoms with Crippen molar-refractivity contribution in [1.82, 2.24) is 4.90 Å². The molecule has 1 fully saturated rings. The van der Waals surface area contributed by atoms with Crippen LogP contribution in [-0.2, 0) is 14.9 Å². The molecule has 0 spiro atoms. The van der Waals surface area contributed by atoms with Gasteiger partial charge in [0.1, 0.15) is 0 Å². The van der Waals surface area contributed by atoms with Crippen LogP contribution in [0.15, 0.2) is 12.7 Å². The van der Waals surface area contributed by atoms with Gasteiger partial charge < -0.3 is 4.90 Å². The quantitative estimate of drug-likeness (QED) is 0.562. The van der Waals surface area contributed by atoms with E-state index in [0.717, 1.165) is 0 Å². The Hall–Kier alpha value is -0.880. The highest BCUT2D eigenvalue weighted by atomic mass is 32.2. The molecule has 0 bridgehead atoms. The van der Waals surface area contributed by atoms with Crippen LogP contribution in [0, 0.1) is 5.92 Å². The molecule has 15 heavy (non-hydrogen) atoms. The number of nitrogens with zero attached hydrogens (tertiary/aromatic N) is 1. The maximum atomic E-state index is 11.2. The smallest absolute Gasteiger partial charge is 0.265 e. The molecule has 1 rings (SSSR count).